The molecule has 1 fully saturated rings. The minimum atomic E-state index is -3.50. The maximum absolute atomic E-state index is 13.0. The van der Waals surface area contributed by atoms with Gasteiger partial charge in [-0.15, -0.1) is 0 Å². The quantitative estimate of drug-likeness (QED) is 0.840. The monoisotopic (exact) mass is 358 g/mol. The Kier molecular flexibility index (Phi) is 5.49. The van der Waals surface area contributed by atoms with Crippen LogP contribution in [0.15, 0.2) is 29.2 Å². The first-order valence-corrected chi connectivity index (χ1v) is 9.36. The first kappa shape index (κ1) is 18.7. The molecule has 8 heteroatoms. The van der Waals surface area contributed by atoms with E-state index in [-0.39, 0.29) is 4.90 Å². The molecule has 0 unspecified atom stereocenters. The van der Waals surface area contributed by atoms with E-state index >= 15 is 0 Å². The number of rotatable bonds is 3. The van der Waals surface area contributed by atoms with Crippen LogP contribution in [0.3, 0.4) is 0 Å². The molecule has 0 spiro atoms. The Morgan fingerprint density at radius 2 is 1.75 bits per heavy atom. The van der Waals surface area contributed by atoms with Crippen molar-refractivity contribution in [1.82, 2.24) is 10.4 Å². The molecular weight excluding hydrogens is 335 g/mol. The summed E-state index contributed by atoms with van der Waals surface area (Å²) in [7, 11) is -3.50. The predicted molar refractivity (Wildman–Crippen MR) is 87.6 cm³/mol. The molecule has 0 bridgehead atoms. The Balaban J connectivity index is 1.92. The minimum Gasteiger partial charge on any atom is -0.443 e. The number of carbonyl (C=O) groups excluding carboxylic acids is 1. The van der Waals surface area contributed by atoms with Crippen LogP contribution >= 0.6 is 0 Å². The summed E-state index contributed by atoms with van der Waals surface area (Å²) in [6, 6.07) is 4.87. The number of halogens is 1. The summed E-state index contributed by atoms with van der Waals surface area (Å²) in [5.41, 5.74) is 2.03. The van der Waals surface area contributed by atoms with Crippen molar-refractivity contribution in [3.63, 3.8) is 0 Å². The summed E-state index contributed by atoms with van der Waals surface area (Å²) in [5.74, 6) is -0.467. The SMILES string of the molecule is CC(C)(C)OC(=O)NN1CCC(S(=O)(=O)c2ccc(F)cc2)CC1. The van der Waals surface area contributed by atoms with Crippen LogP contribution in [-0.4, -0.2) is 43.5 Å². The van der Waals surface area contributed by atoms with Gasteiger partial charge in [0.25, 0.3) is 0 Å². The molecule has 2 rings (SSSR count). The molecule has 24 heavy (non-hydrogen) atoms. The number of hydrazine groups is 1. The lowest BCUT2D eigenvalue weighted by Crippen LogP contribution is -2.50. The van der Waals surface area contributed by atoms with Crippen LogP contribution < -0.4 is 5.43 Å². The molecule has 0 atom stereocenters. The number of piperidine rings is 1. The first-order valence-electron chi connectivity index (χ1n) is 7.82. The number of nitrogens with zero attached hydrogens (tertiary/aromatic N) is 1. The van der Waals surface area contributed by atoms with Gasteiger partial charge in [-0.05, 0) is 57.9 Å². The number of nitrogens with one attached hydrogen (secondary N) is 1. The van der Waals surface area contributed by atoms with Crippen molar-refractivity contribution in [1.29, 1.82) is 0 Å². The maximum Gasteiger partial charge on any atom is 0.422 e. The molecule has 0 aromatic heterocycles. The van der Waals surface area contributed by atoms with E-state index in [1.165, 1.54) is 12.1 Å². The Bertz CT molecular complexity index is 675. The fraction of sp³-hybridized carbons (Fsp3) is 0.562. The minimum absolute atomic E-state index is 0.127. The highest BCUT2D eigenvalue weighted by Crippen LogP contribution is 2.24. The molecule has 6 nitrogen and oxygen atoms in total. The zero-order valence-electron chi connectivity index (χ0n) is 14.1. The van der Waals surface area contributed by atoms with Crippen molar-refractivity contribution in [2.75, 3.05) is 13.1 Å². The van der Waals surface area contributed by atoms with Gasteiger partial charge in [0.05, 0.1) is 10.1 Å². The molecule has 1 heterocycles. The van der Waals surface area contributed by atoms with Crippen LogP contribution in [0.2, 0.25) is 0 Å². The van der Waals surface area contributed by atoms with Crippen molar-refractivity contribution in [3.05, 3.63) is 30.1 Å². The van der Waals surface area contributed by atoms with Gasteiger partial charge in [0, 0.05) is 13.1 Å². The number of amides is 1. The molecule has 1 aliphatic rings. The second-order valence-electron chi connectivity index (χ2n) is 6.80. The van der Waals surface area contributed by atoms with Crippen molar-refractivity contribution in [2.45, 2.75) is 49.4 Å². The zero-order valence-corrected chi connectivity index (χ0v) is 14.9. The Hall–Kier alpha value is -1.67. The number of carbonyl (C=O) groups is 1. The Morgan fingerprint density at radius 3 is 2.25 bits per heavy atom. The summed E-state index contributed by atoms with van der Waals surface area (Å²) in [6.45, 7) is 6.13. The van der Waals surface area contributed by atoms with Crippen LogP contribution in [0.5, 0.6) is 0 Å². The second-order valence-corrected chi connectivity index (χ2v) is 9.03. The number of hydrogen-bond donors (Lipinski definition) is 1. The number of benzene rings is 1. The van der Waals surface area contributed by atoms with Gasteiger partial charge in [0.15, 0.2) is 9.84 Å². The van der Waals surface area contributed by atoms with Crippen molar-refractivity contribution in [3.8, 4) is 0 Å². The molecule has 0 aliphatic carbocycles. The van der Waals surface area contributed by atoms with E-state index in [1.807, 2.05) is 0 Å². The zero-order chi connectivity index (χ0) is 18.0. The molecule has 1 aromatic rings. The molecule has 0 saturated carbocycles. The largest absolute Gasteiger partial charge is 0.443 e. The predicted octanol–water partition coefficient (Wildman–Crippen LogP) is 2.50. The van der Waals surface area contributed by atoms with Crippen molar-refractivity contribution < 1.29 is 22.3 Å². The normalized spacial score (nSPS) is 17.5. The summed E-state index contributed by atoms with van der Waals surface area (Å²) < 4.78 is 43.2. The molecule has 1 saturated heterocycles. The summed E-state index contributed by atoms with van der Waals surface area (Å²) in [6.07, 6.45) is 0.215. The topological polar surface area (TPSA) is 75.7 Å². The van der Waals surface area contributed by atoms with Gasteiger partial charge >= 0.3 is 6.09 Å². The van der Waals surface area contributed by atoms with Gasteiger partial charge in [0.2, 0.25) is 0 Å². The van der Waals surface area contributed by atoms with Crippen molar-refractivity contribution >= 4 is 15.9 Å². The van der Waals surface area contributed by atoms with Gasteiger partial charge in [-0.1, -0.05) is 0 Å². The molecule has 0 radical (unpaired) electrons. The van der Waals surface area contributed by atoms with E-state index in [1.54, 1.807) is 25.8 Å². The fourth-order valence-corrected chi connectivity index (χ4v) is 4.26. The van der Waals surface area contributed by atoms with E-state index in [4.69, 9.17) is 4.74 Å². The first-order chi connectivity index (χ1) is 11.1. The summed E-state index contributed by atoms with van der Waals surface area (Å²) >= 11 is 0. The smallest absolute Gasteiger partial charge is 0.422 e. The summed E-state index contributed by atoms with van der Waals surface area (Å²) in [5, 5.41) is 1.12. The van der Waals surface area contributed by atoms with Crippen LogP contribution in [0.25, 0.3) is 0 Å². The lowest BCUT2D eigenvalue weighted by atomic mass is 10.1. The number of ether oxygens (including phenoxy) is 1. The van der Waals surface area contributed by atoms with Crippen molar-refractivity contribution in [2.24, 2.45) is 0 Å². The molecule has 1 amide bonds. The van der Waals surface area contributed by atoms with Crippen LogP contribution in [0.1, 0.15) is 33.6 Å². The highest BCUT2D eigenvalue weighted by atomic mass is 32.2. The van der Waals surface area contributed by atoms with Crippen LogP contribution in [0.4, 0.5) is 9.18 Å². The third kappa shape index (κ3) is 4.91. The van der Waals surface area contributed by atoms with Gasteiger partial charge in [-0.2, -0.15) is 0 Å². The third-order valence-electron chi connectivity index (χ3n) is 3.67. The third-order valence-corrected chi connectivity index (χ3v) is 5.95. The number of hydrogen-bond acceptors (Lipinski definition) is 5. The standard InChI is InChI=1S/C16H23FN2O4S/c1-16(2,3)23-15(20)18-19-10-8-14(9-11-19)24(21,22)13-6-4-12(17)5-7-13/h4-7,14H,8-11H2,1-3H3,(H,18,20). The maximum atomic E-state index is 13.0. The van der Waals surface area contributed by atoms with Gasteiger partial charge in [0.1, 0.15) is 11.4 Å². The van der Waals surface area contributed by atoms with Gasteiger partial charge < -0.3 is 4.74 Å². The number of sulfone groups is 1. The van der Waals surface area contributed by atoms with E-state index in [0.717, 1.165) is 12.1 Å². The van der Waals surface area contributed by atoms with E-state index in [9.17, 15) is 17.6 Å². The van der Waals surface area contributed by atoms with Gasteiger partial charge in [-0.3, -0.25) is 5.43 Å². The van der Waals surface area contributed by atoms with Gasteiger partial charge in [-0.25, -0.2) is 22.6 Å². The fourth-order valence-electron chi connectivity index (χ4n) is 2.52. The average molecular weight is 358 g/mol. The highest BCUT2D eigenvalue weighted by Gasteiger charge is 2.32. The lowest BCUT2D eigenvalue weighted by molar-refractivity contribution is 0.0300. The highest BCUT2D eigenvalue weighted by molar-refractivity contribution is 7.92. The molecule has 1 aliphatic heterocycles. The summed E-state index contributed by atoms with van der Waals surface area (Å²) in [4.78, 5) is 11.9. The Labute approximate surface area is 141 Å². The molecule has 1 N–H and O–H groups in total. The molecule has 1 aromatic carbocycles. The Morgan fingerprint density at radius 1 is 1.21 bits per heavy atom. The van der Waals surface area contributed by atoms with E-state index in [0.29, 0.717) is 25.9 Å². The molecule has 134 valence electrons. The molecular formula is C16H23FN2O4S. The lowest BCUT2D eigenvalue weighted by Gasteiger charge is -2.32. The van der Waals surface area contributed by atoms with E-state index in [2.05, 4.69) is 5.43 Å². The van der Waals surface area contributed by atoms with Crippen LogP contribution in [0, 0.1) is 5.82 Å². The second kappa shape index (κ2) is 7.06. The van der Waals surface area contributed by atoms with Crippen LogP contribution in [-0.2, 0) is 14.6 Å². The average Bonchev–Trinajstić information content (AvgIpc) is 2.46. The van der Waals surface area contributed by atoms with E-state index < -0.39 is 32.6 Å².